The second-order valence-electron chi connectivity index (χ2n) is 7.23. The first-order chi connectivity index (χ1) is 10.2. The highest BCUT2D eigenvalue weighted by Crippen LogP contribution is 2.64. The summed E-state index contributed by atoms with van der Waals surface area (Å²) in [5, 5.41) is 0. The minimum absolute atomic E-state index is 0.0757. The van der Waals surface area contributed by atoms with Crippen LogP contribution in [-0.4, -0.2) is 27.0 Å². The minimum atomic E-state index is -3.53. The fraction of sp³-hybridized carbons (Fsp3) is 0.588. The van der Waals surface area contributed by atoms with Crippen LogP contribution in [0.4, 0.5) is 5.69 Å². The molecular weight excluding hydrogens is 298 g/mol. The van der Waals surface area contributed by atoms with E-state index < -0.39 is 15.4 Å². The maximum Gasteiger partial charge on any atom is 0.235 e. The van der Waals surface area contributed by atoms with Crippen molar-refractivity contribution in [2.75, 3.05) is 17.1 Å². The molecule has 0 heterocycles. The molecule has 4 nitrogen and oxygen atoms in total. The van der Waals surface area contributed by atoms with Crippen LogP contribution >= 0.6 is 0 Å². The second kappa shape index (κ2) is 4.82. The van der Waals surface area contributed by atoms with E-state index >= 15 is 0 Å². The number of fused-ring (bicyclic) bond motifs is 2. The number of hydrogen-bond acceptors (Lipinski definition) is 3. The average Bonchev–Trinajstić information content (AvgIpc) is 2.81. The molecule has 2 saturated carbocycles. The Hall–Kier alpha value is -1.36. The lowest BCUT2D eigenvalue weighted by molar-refractivity contribution is -0.128. The molecule has 2 aliphatic rings. The van der Waals surface area contributed by atoms with Crippen molar-refractivity contribution in [3.63, 3.8) is 0 Å². The molecule has 1 aromatic rings. The Morgan fingerprint density at radius 2 is 1.86 bits per heavy atom. The molecule has 0 radical (unpaired) electrons. The first kappa shape index (κ1) is 15.5. The molecule has 0 saturated heterocycles. The molecule has 2 aliphatic carbocycles. The van der Waals surface area contributed by atoms with Gasteiger partial charge in [-0.3, -0.25) is 9.10 Å². The molecule has 5 heteroatoms. The highest BCUT2D eigenvalue weighted by molar-refractivity contribution is 7.92. The molecule has 0 amide bonds. The molecule has 120 valence electrons. The standard InChI is InChI=1S/C17H23NO3S/c1-16(2)13-9-10-17(16,15(19)11-13)12-22(20,21)18(3)14-7-5-4-6-8-14/h4-8,13H,9-12H2,1-3H3. The Kier molecular flexibility index (Phi) is 3.40. The van der Waals surface area contributed by atoms with Crippen LogP contribution in [0.3, 0.4) is 0 Å². The quantitative estimate of drug-likeness (QED) is 0.857. The Balaban J connectivity index is 1.93. The predicted octanol–water partition coefficient (Wildman–Crippen LogP) is 2.85. The van der Waals surface area contributed by atoms with Gasteiger partial charge < -0.3 is 0 Å². The van der Waals surface area contributed by atoms with Crippen LogP contribution in [0.15, 0.2) is 30.3 Å². The Morgan fingerprint density at radius 3 is 2.36 bits per heavy atom. The van der Waals surface area contributed by atoms with E-state index in [2.05, 4.69) is 13.8 Å². The Morgan fingerprint density at radius 1 is 1.23 bits per heavy atom. The first-order valence-electron chi connectivity index (χ1n) is 7.76. The van der Waals surface area contributed by atoms with Crippen LogP contribution in [0.1, 0.15) is 33.1 Å². The molecule has 2 bridgehead atoms. The summed E-state index contributed by atoms with van der Waals surface area (Å²) in [7, 11) is -1.96. The maximum absolute atomic E-state index is 12.9. The fourth-order valence-corrected chi connectivity index (χ4v) is 6.25. The monoisotopic (exact) mass is 321 g/mol. The van der Waals surface area contributed by atoms with Crippen LogP contribution in [0.2, 0.25) is 0 Å². The summed E-state index contributed by atoms with van der Waals surface area (Å²) >= 11 is 0. The van der Waals surface area contributed by atoms with Crippen molar-refractivity contribution in [3.05, 3.63) is 30.3 Å². The van der Waals surface area contributed by atoms with E-state index in [0.29, 0.717) is 24.4 Å². The third-order valence-corrected chi connectivity index (χ3v) is 8.01. The van der Waals surface area contributed by atoms with Crippen molar-refractivity contribution in [2.24, 2.45) is 16.7 Å². The number of sulfonamides is 1. The summed E-state index contributed by atoms with van der Waals surface area (Å²) < 4.78 is 27.1. The van der Waals surface area contributed by atoms with E-state index in [9.17, 15) is 13.2 Å². The summed E-state index contributed by atoms with van der Waals surface area (Å²) in [6, 6.07) is 9.03. The summed E-state index contributed by atoms with van der Waals surface area (Å²) in [6.45, 7) is 4.13. The van der Waals surface area contributed by atoms with Crippen LogP contribution in [0.25, 0.3) is 0 Å². The molecule has 1 aromatic carbocycles. The topological polar surface area (TPSA) is 54.5 Å². The van der Waals surface area contributed by atoms with E-state index in [-0.39, 0.29) is 17.0 Å². The first-order valence-corrected chi connectivity index (χ1v) is 9.37. The number of para-hydroxylation sites is 1. The zero-order valence-corrected chi connectivity index (χ0v) is 14.2. The third-order valence-electron chi connectivity index (χ3n) is 6.11. The van der Waals surface area contributed by atoms with Gasteiger partial charge in [-0.1, -0.05) is 32.0 Å². The molecule has 2 unspecified atom stereocenters. The van der Waals surface area contributed by atoms with Crippen molar-refractivity contribution in [1.82, 2.24) is 0 Å². The van der Waals surface area contributed by atoms with E-state index in [1.165, 1.54) is 4.31 Å². The predicted molar refractivity (Wildman–Crippen MR) is 87.2 cm³/mol. The molecule has 2 atom stereocenters. The summed E-state index contributed by atoms with van der Waals surface area (Å²) in [5.41, 5.74) is -0.300. The molecule has 0 N–H and O–H groups in total. The number of carbonyl (C=O) groups excluding carboxylic acids is 1. The van der Waals surface area contributed by atoms with Crippen LogP contribution in [0, 0.1) is 16.7 Å². The lowest BCUT2D eigenvalue weighted by Crippen LogP contribution is -2.45. The zero-order chi connectivity index (χ0) is 16.2. The van der Waals surface area contributed by atoms with Crippen molar-refractivity contribution in [1.29, 1.82) is 0 Å². The maximum atomic E-state index is 12.9. The summed E-state index contributed by atoms with van der Waals surface area (Å²) in [5.74, 6) is 0.393. The second-order valence-corrected chi connectivity index (χ2v) is 9.23. The lowest BCUT2D eigenvalue weighted by atomic mass is 9.70. The number of rotatable bonds is 4. The van der Waals surface area contributed by atoms with Gasteiger partial charge in [0.15, 0.2) is 0 Å². The van der Waals surface area contributed by atoms with E-state index in [1.54, 1.807) is 19.2 Å². The van der Waals surface area contributed by atoms with E-state index in [1.807, 2.05) is 18.2 Å². The molecular formula is C17H23NO3S. The van der Waals surface area contributed by atoms with Crippen molar-refractivity contribution >= 4 is 21.5 Å². The highest BCUT2D eigenvalue weighted by Gasteiger charge is 2.65. The summed E-state index contributed by atoms with van der Waals surface area (Å²) in [6.07, 6.45) is 2.20. The molecule has 22 heavy (non-hydrogen) atoms. The van der Waals surface area contributed by atoms with Gasteiger partial charge in [-0.25, -0.2) is 8.42 Å². The average molecular weight is 321 g/mol. The van der Waals surface area contributed by atoms with Gasteiger partial charge >= 0.3 is 0 Å². The number of benzene rings is 1. The van der Waals surface area contributed by atoms with Crippen molar-refractivity contribution < 1.29 is 13.2 Å². The van der Waals surface area contributed by atoms with Gasteiger partial charge in [0.2, 0.25) is 10.0 Å². The Labute approximate surface area is 132 Å². The van der Waals surface area contributed by atoms with Crippen molar-refractivity contribution in [3.8, 4) is 0 Å². The number of ketones is 1. The fourth-order valence-electron chi connectivity index (χ4n) is 4.31. The van der Waals surface area contributed by atoms with E-state index in [0.717, 1.165) is 6.42 Å². The van der Waals surface area contributed by atoms with Gasteiger partial charge in [0.25, 0.3) is 0 Å². The van der Waals surface area contributed by atoms with Gasteiger partial charge in [-0.15, -0.1) is 0 Å². The van der Waals surface area contributed by atoms with Crippen LogP contribution in [-0.2, 0) is 14.8 Å². The van der Waals surface area contributed by atoms with Gasteiger partial charge in [-0.2, -0.15) is 0 Å². The molecule has 0 spiro atoms. The zero-order valence-electron chi connectivity index (χ0n) is 13.4. The highest BCUT2D eigenvalue weighted by atomic mass is 32.2. The number of carbonyl (C=O) groups is 1. The summed E-state index contributed by atoms with van der Waals surface area (Å²) in [4.78, 5) is 12.5. The lowest BCUT2D eigenvalue weighted by Gasteiger charge is -2.37. The smallest absolute Gasteiger partial charge is 0.235 e. The van der Waals surface area contributed by atoms with Gasteiger partial charge in [0, 0.05) is 13.5 Å². The van der Waals surface area contributed by atoms with Gasteiger partial charge in [0.1, 0.15) is 5.78 Å². The normalized spacial score (nSPS) is 29.8. The molecule has 2 fully saturated rings. The number of anilines is 1. The molecule has 0 aromatic heterocycles. The molecule has 3 rings (SSSR count). The third kappa shape index (κ3) is 2.02. The van der Waals surface area contributed by atoms with Gasteiger partial charge in [0.05, 0.1) is 16.9 Å². The number of hydrogen-bond donors (Lipinski definition) is 0. The Bertz CT molecular complexity index is 696. The number of nitrogens with zero attached hydrogens (tertiary/aromatic N) is 1. The van der Waals surface area contributed by atoms with Crippen molar-refractivity contribution in [2.45, 2.75) is 33.1 Å². The number of Topliss-reactive ketones (excluding diaryl/α,β-unsaturated/α-hetero) is 1. The molecule has 0 aliphatic heterocycles. The van der Waals surface area contributed by atoms with Crippen LogP contribution < -0.4 is 4.31 Å². The van der Waals surface area contributed by atoms with Gasteiger partial charge in [-0.05, 0) is 36.3 Å². The minimum Gasteiger partial charge on any atom is -0.299 e. The largest absolute Gasteiger partial charge is 0.299 e. The van der Waals surface area contributed by atoms with E-state index in [4.69, 9.17) is 0 Å². The SMILES string of the molecule is CN(c1ccccc1)S(=O)(=O)CC12CCC(CC1=O)C2(C)C. The van der Waals surface area contributed by atoms with Crippen LogP contribution in [0.5, 0.6) is 0 Å².